The predicted octanol–water partition coefficient (Wildman–Crippen LogP) is 4.39. The average molecular weight is 571 g/mol. The second-order valence-corrected chi connectivity index (χ2v) is 12.7. The first-order valence-corrected chi connectivity index (χ1v) is 15.6. The van der Waals surface area contributed by atoms with Crippen LogP contribution in [0.2, 0.25) is 0 Å². The molecule has 0 aromatic heterocycles. The third kappa shape index (κ3) is 9.10. The van der Waals surface area contributed by atoms with Crippen LogP contribution < -0.4 is 10.1 Å². The summed E-state index contributed by atoms with van der Waals surface area (Å²) < 4.78 is 33.7. The topological polar surface area (TPSA) is 95.9 Å². The quantitative estimate of drug-likeness (QED) is 0.279. The number of carbonyl (C=O) groups excluding carboxylic acids is 1. The van der Waals surface area contributed by atoms with Gasteiger partial charge in [-0.25, -0.2) is 8.42 Å². The van der Waals surface area contributed by atoms with Crippen LogP contribution in [0, 0.1) is 5.92 Å². The molecule has 2 N–H and O–H groups in total. The summed E-state index contributed by atoms with van der Waals surface area (Å²) in [6.07, 6.45) is 1.27. The highest BCUT2D eigenvalue weighted by Gasteiger charge is 2.31. The van der Waals surface area contributed by atoms with Gasteiger partial charge in [0.15, 0.2) is 0 Å². The van der Waals surface area contributed by atoms with Crippen LogP contribution in [0.4, 0.5) is 0 Å². The molecule has 0 radical (unpaired) electrons. The van der Waals surface area contributed by atoms with Crippen molar-refractivity contribution in [3.63, 3.8) is 0 Å². The van der Waals surface area contributed by atoms with Gasteiger partial charge in [-0.15, -0.1) is 11.8 Å². The Labute approximate surface area is 236 Å². The summed E-state index contributed by atoms with van der Waals surface area (Å²) in [7, 11) is -2.28. The van der Waals surface area contributed by atoms with E-state index in [2.05, 4.69) is 5.32 Å². The van der Waals surface area contributed by atoms with Crippen molar-refractivity contribution in [1.29, 1.82) is 0 Å². The number of sulfonamides is 1. The fraction of sp³-hybridized carbons (Fsp3) is 0.367. The van der Waals surface area contributed by atoms with Crippen LogP contribution in [-0.4, -0.2) is 62.3 Å². The van der Waals surface area contributed by atoms with Crippen molar-refractivity contribution >= 4 is 27.7 Å². The number of methoxy groups -OCH3 is 1. The van der Waals surface area contributed by atoms with Crippen molar-refractivity contribution < 1.29 is 23.1 Å². The van der Waals surface area contributed by atoms with Gasteiger partial charge in [-0.05, 0) is 66.1 Å². The van der Waals surface area contributed by atoms with Crippen molar-refractivity contribution in [2.45, 2.75) is 48.6 Å². The first-order chi connectivity index (χ1) is 18.6. The van der Waals surface area contributed by atoms with Crippen molar-refractivity contribution in [3.8, 4) is 5.75 Å². The number of amides is 1. The maximum Gasteiger partial charge on any atom is 0.243 e. The fourth-order valence-corrected chi connectivity index (χ4v) is 6.28. The first kappa shape index (κ1) is 30.7. The van der Waals surface area contributed by atoms with Crippen LogP contribution in [0.1, 0.15) is 25.0 Å². The Bertz CT molecular complexity index is 1280. The van der Waals surface area contributed by atoms with Gasteiger partial charge >= 0.3 is 0 Å². The van der Waals surface area contributed by atoms with Crippen LogP contribution in [0.3, 0.4) is 0 Å². The maximum absolute atomic E-state index is 13.6. The zero-order valence-electron chi connectivity index (χ0n) is 22.9. The monoisotopic (exact) mass is 570 g/mol. The molecule has 0 fully saturated rings. The number of nitrogens with one attached hydrogen (secondary N) is 1. The Morgan fingerprint density at radius 2 is 1.59 bits per heavy atom. The number of rotatable bonds is 14. The van der Waals surface area contributed by atoms with Crippen molar-refractivity contribution in [2.75, 3.05) is 26.5 Å². The summed E-state index contributed by atoms with van der Waals surface area (Å²) in [6.45, 7) is 3.96. The number of aliphatic hydroxyl groups is 1. The molecule has 0 unspecified atom stereocenters. The summed E-state index contributed by atoms with van der Waals surface area (Å²) in [5.41, 5.74) is 1.73. The molecule has 210 valence electrons. The van der Waals surface area contributed by atoms with Gasteiger partial charge in [0.05, 0.1) is 30.6 Å². The molecule has 3 aromatic rings. The summed E-state index contributed by atoms with van der Waals surface area (Å²) in [4.78, 5) is 14.2. The Morgan fingerprint density at radius 1 is 0.949 bits per heavy atom. The molecule has 0 saturated carbocycles. The second kappa shape index (κ2) is 14.5. The molecule has 2 atom stereocenters. The number of thioether (sulfide) groups is 1. The number of ether oxygens (including phenoxy) is 1. The molecule has 0 aliphatic rings. The third-order valence-electron chi connectivity index (χ3n) is 6.29. The second-order valence-electron chi connectivity index (χ2n) is 9.85. The summed E-state index contributed by atoms with van der Waals surface area (Å²) in [5, 5.41) is 14.4. The number of benzene rings is 3. The van der Waals surface area contributed by atoms with Crippen molar-refractivity contribution in [1.82, 2.24) is 9.62 Å². The van der Waals surface area contributed by atoms with Gasteiger partial charge in [-0.1, -0.05) is 56.3 Å². The highest BCUT2D eigenvalue weighted by Crippen LogP contribution is 2.22. The van der Waals surface area contributed by atoms with E-state index >= 15 is 0 Å². The molecule has 0 aliphatic carbocycles. The lowest BCUT2D eigenvalue weighted by molar-refractivity contribution is -0.122. The maximum atomic E-state index is 13.6. The molecule has 3 aromatic carbocycles. The summed E-state index contributed by atoms with van der Waals surface area (Å²) >= 11 is 1.54. The first-order valence-electron chi connectivity index (χ1n) is 12.9. The van der Waals surface area contributed by atoms with Crippen LogP contribution in [0.5, 0.6) is 5.75 Å². The molecule has 1 amide bonds. The Balaban J connectivity index is 1.82. The van der Waals surface area contributed by atoms with E-state index < -0.39 is 22.2 Å². The average Bonchev–Trinajstić information content (AvgIpc) is 2.93. The molecule has 39 heavy (non-hydrogen) atoms. The number of nitrogens with zero attached hydrogens (tertiary/aromatic N) is 1. The van der Waals surface area contributed by atoms with E-state index in [1.165, 1.54) is 16.1 Å². The minimum atomic E-state index is -3.87. The highest BCUT2D eigenvalue weighted by atomic mass is 32.2. The van der Waals surface area contributed by atoms with Gasteiger partial charge in [0.25, 0.3) is 0 Å². The number of hydrogen-bond acceptors (Lipinski definition) is 6. The van der Waals surface area contributed by atoms with Crippen molar-refractivity contribution in [2.24, 2.45) is 5.92 Å². The summed E-state index contributed by atoms with van der Waals surface area (Å²) in [6, 6.07) is 22.8. The fourth-order valence-electron chi connectivity index (χ4n) is 4.25. The van der Waals surface area contributed by atoms with E-state index in [1.807, 2.05) is 62.6 Å². The standard InChI is InChI=1S/C30H38N2O5S2/c1-22(2)20-32(39(35,36)27-16-14-26(38-4)15-17-27)21-29(33)28(18-23-8-6-5-7-9-23)31-30(34)19-24-10-12-25(37-3)13-11-24/h5-17,22,28-29,33H,18-21H2,1-4H3,(H,31,34)/t28-,29+/m0/s1. The van der Waals surface area contributed by atoms with E-state index in [0.29, 0.717) is 12.2 Å². The van der Waals surface area contributed by atoms with Crippen LogP contribution in [-0.2, 0) is 27.7 Å². The smallest absolute Gasteiger partial charge is 0.243 e. The molecular formula is C30H38N2O5S2. The molecule has 3 rings (SSSR count). The third-order valence-corrected chi connectivity index (χ3v) is 8.88. The largest absolute Gasteiger partial charge is 0.497 e. The molecule has 0 bridgehead atoms. The zero-order chi connectivity index (χ0) is 28.4. The number of carbonyl (C=O) groups is 1. The molecule has 0 spiro atoms. The minimum absolute atomic E-state index is 0.0367. The number of hydrogen-bond donors (Lipinski definition) is 2. The molecular weight excluding hydrogens is 532 g/mol. The van der Waals surface area contributed by atoms with Gasteiger partial charge in [0, 0.05) is 18.0 Å². The number of aliphatic hydroxyl groups excluding tert-OH is 1. The van der Waals surface area contributed by atoms with E-state index in [-0.39, 0.29) is 36.2 Å². The molecule has 0 aliphatic heterocycles. The molecule has 9 heteroatoms. The van der Waals surface area contributed by atoms with Crippen LogP contribution in [0.15, 0.2) is 88.7 Å². The Morgan fingerprint density at radius 3 is 2.15 bits per heavy atom. The van der Waals surface area contributed by atoms with Gasteiger partial charge < -0.3 is 15.2 Å². The van der Waals surface area contributed by atoms with Gasteiger partial charge in [-0.2, -0.15) is 4.31 Å². The lowest BCUT2D eigenvalue weighted by atomic mass is 10.00. The van der Waals surface area contributed by atoms with Gasteiger partial charge in [0.2, 0.25) is 15.9 Å². The van der Waals surface area contributed by atoms with Crippen LogP contribution in [0.25, 0.3) is 0 Å². The van der Waals surface area contributed by atoms with Gasteiger partial charge in [0.1, 0.15) is 5.75 Å². The highest BCUT2D eigenvalue weighted by molar-refractivity contribution is 7.98. The zero-order valence-corrected chi connectivity index (χ0v) is 24.5. The Hall–Kier alpha value is -2.85. The lowest BCUT2D eigenvalue weighted by Gasteiger charge is -2.31. The van der Waals surface area contributed by atoms with Crippen LogP contribution >= 0.6 is 11.8 Å². The lowest BCUT2D eigenvalue weighted by Crippen LogP contribution is -2.51. The molecule has 0 heterocycles. The van der Waals surface area contributed by atoms with E-state index in [4.69, 9.17) is 4.74 Å². The van der Waals surface area contributed by atoms with E-state index in [1.54, 1.807) is 43.5 Å². The SMILES string of the molecule is COc1ccc(CC(=O)N[C@@H](Cc2ccccc2)[C@H](O)CN(CC(C)C)S(=O)(=O)c2ccc(SC)cc2)cc1. The predicted molar refractivity (Wildman–Crippen MR) is 157 cm³/mol. The molecule has 7 nitrogen and oxygen atoms in total. The Kier molecular flexibility index (Phi) is 11.4. The summed E-state index contributed by atoms with van der Waals surface area (Å²) in [5.74, 6) is 0.479. The normalized spacial score (nSPS) is 13.3. The van der Waals surface area contributed by atoms with Crippen molar-refractivity contribution in [3.05, 3.63) is 90.0 Å². The van der Waals surface area contributed by atoms with Gasteiger partial charge in [-0.3, -0.25) is 4.79 Å². The van der Waals surface area contributed by atoms with E-state index in [0.717, 1.165) is 16.0 Å². The molecule has 0 saturated heterocycles. The van der Waals surface area contributed by atoms with E-state index in [9.17, 15) is 18.3 Å². The minimum Gasteiger partial charge on any atom is -0.497 e.